The standard InChI is InChI=1S/C17H18O/c1-11-15-9-5-8-13-6-3-4-7-14(17(13)15)10-16(11)12(2)18/h5,8-10H,3-4,6-7H2,1-2H3. The minimum atomic E-state index is 0.181. The molecule has 0 bridgehead atoms. The molecule has 1 heteroatoms. The number of rotatable bonds is 1. The van der Waals surface area contributed by atoms with Crippen LogP contribution in [0.3, 0.4) is 0 Å². The van der Waals surface area contributed by atoms with Gasteiger partial charge in [-0.2, -0.15) is 0 Å². The molecule has 0 spiro atoms. The molecule has 0 amide bonds. The van der Waals surface area contributed by atoms with Gasteiger partial charge in [-0.05, 0) is 73.1 Å². The molecule has 0 fully saturated rings. The third kappa shape index (κ3) is 1.66. The maximum Gasteiger partial charge on any atom is 0.160 e. The van der Waals surface area contributed by atoms with Crippen molar-refractivity contribution in [2.24, 2.45) is 0 Å². The van der Waals surface area contributed by atoms with Crippen molar-refractivity contribution in [1.82, 2.24) is 0 Å². The predicted molar refractivity (Wildman–Crippen MR) is 75.3 cm³/mol. The lowest BCUT2D eigenvalue weighted by molar-refractivity contribution is 0.101. The largest absolute Gasteiger partial charge is 0.295 e. The minimum absolute atomic E-state index is 0.181. The number of hydrogen-bond donors (Lipinski definition) is 0. The molecule has 3 rings (SSSR count). The molecule has 0 heterocycles. The highest BCUT2D eigenvalue weighted by Gasteiger charge is 2.16. The van der Waals surface area contributed by atoms with Crippen molar-refractivity contribution in [1.29, 1.82) is 0 Å². The van der Waals surface area contributed by atoms with Gasteiger partial charge in [-0.25, -0.2) is 0 Å². The quantitative estimate of drug-likeness (QED) is 0.679. The first kappa shape index (κ1) is 11.5. The lowest BCUT2D eigenvalue weighted by Gasteiger charge is -2.13. The number of Topliss-reactive ketones (excluding diaryl/α,β-unsaturated/α-hetero) is 1. The van der Waals surface area contributed by atoms with Gasteiger partial charge in [0.25, 0.3) is 0 Å². The predicted octanol–water partition coefficient (Wildman–Crippen LogP) is 4.23. The Kier molecular flexibility index (Phi) is 2.70. The summed E-state index contributed by atoms with van der Waals surface area (Å²) in [5.41, 5.74) is 4.87. The van der Waals surface area contributed by atoms with E-state index in [4.69, 9.17) is 0 Å². The smallest absolute Gasteiger partial charge is 0.160 e. The Morgan fingerprint density at radius 2 is 1.83 bits per heavy atom. The van der Waals surface area contributed by atoms with E-state index < -0.39 is 0 Å². The van der Waals surface area contributed by atoms with Crippen LogP contribution < -0.4 is 0 Å². The van der Waals surface area contributed by atoms with Gasteiger partial charge in [-0.1, -0.05) is 18.2 Å². The summed E-state index contributed by atoms with van der Waals surface area (Å²) in [6, 6.07) is 8.66. The summed E-state index contributed by atoms with van der Waals surface area (Å²) < 4.78 is 0. The molecular weight excluding hydrogens is 220 g/mol. The van der Waals surface area contributed by atoms with Crippen LogP contribution in [0.2, 0.25) is 0 Å². The SMILES string of the molecule is CC(=O)c1cc2c3c(cccc3c1C)CCCC2. The molecule has 0 aromatic heterocycles. The van der Waals surface area contributed by atoms with Crippen LogP contribution in [0.1, 0.15) is 46.8 Å². The molecule has 2 aromatic rings. The monoisotopic (exact) mass is 238 g/mol. The second kappa shape index (κ2) is 4.24. The highest BCUT2D eigenvalue weighted by molar-refractivity contribution is 6.03. The van der Waals surface area contributed by atoms with Crippen molar-refractivity contribution < 1.29 is 4.79 Å². The van der Waals surface area contributed by atoms with Crippen molar-refractivity contribution >= 4 is 16.6 Å². The Labute approximate surface area is 108 Å². The fourth-order valence-electron chi connectivity index (χ4n) is 3.19. The van der Waals surface area contributed by atoms with Crippen molar-refractivity contribution in [2.45, 2.75) is 39.5 Å². The van der Waals surface area contributed by atoms with E-state index in [0.717, 1.165) is 17.5 Å². The van der Waals surface area contributed by atoms with Crippen molar-refractivity contribution in [3.63, 3.8) is 0 Å². The lowest BCUT2D eigenvalue weighted by atomic mass is 9.90. The van der Waals surface area contributed by atoms with Crippen molar-refractivity contribution in [2.75, 3.05) is 0 Å². The van der Waals surface area contributed by atoms with Crippen LogP contribution >= 0.6 is 0 Å². The molecule has 2 aromatic carbocycles. The summed E-state index contributed by atoms with van der Waals surface area (Å²) in [6.07, 6.45) is 4.75. The van der Waals surface area contributed by atoms with Crippen LogP contribution in [0.4, 0.5) is 0 Å². The third-order valence-corrected chi connectivity index (χ3v) is 4.12. The molecule has 0 unspecified atom stereocenters. The van der Waals surface area contributed by atoms with E-state index in [9.17, 15) is 4.79 Å². The van der Waals surface area contributed by atoms with E-state index in [1.54, 1.807) is 6.92 Å². The van der Waals surface area contributed by atoms with E-state index in [0.29, 0.717) is 0 Å². The summed E-state index contributed by atoms with van der Waals surface area (Å²) in [7, 11) is 0. The Morgan fingerprint density at radius 1 is 1.11 bits per heavy atom. The topological polar surface area (TPSA) is 17.1 Å². The molecule has 0 atom stereocenters. The molecular formula is C17H18O. The van der Waals surface area contributed by atoms with Crippen LogP contribution in [0, 0.1) is 6.92 Å². The van der Waals surface area contributed by atoms with Gasteiger partial charge >= 0.3 is 0 Å². The first-order valence-corrected chi connectivity index (χ1v) is 6.73. The van der Waals surface area contributed by atoms with Gasteiger partial charge in [-0.15, -0.1) is 0 Å². The fraction of sp³-hybridized carbons (Fsp3) is 0.353. The first-order chi connectivity index (χ1) is 8.68. The van der Waals surface area contributed by atoms with Crippen LogP contribution in [0.15, 0.2) is 24.3 Å². The Balaban J connectivity index is 2.43. The highest BCUT2D eigenvalue weighted by atomic mass is 16.1. The second-order valence-electron chi connectivity index (χ2n) is 5.31. The van der Waals surface area contributed by atoms with E-state index in [-0.39, 0.29) is 5.78 Å². The molecule has 1 aliphatic carbocycles. The fourth-order valence-corrected chi connectivity index (χ4v) is 3.19. The van der Waals surface area contributed by atoms with Gasteiger partial charge in [-0.3, -0.25) is 4.79 Å². The average molecular weight is 238 g/mol. The number of ketones is 1. The number of carbonyl (C=O) groups is 1. The zero-order valence-corrected chi connectivity index (χ0v) is 11.0. The Bertz CT molecular complexity index is 638. The van der Waals surface area contributed by atoms with Crippen molar-refractivity contribution in [3.05, 3.63) is 46.5 Å². The molecule has 1 nitrogen and oxygen atoms in total. The molecule has 0 radical (unpaired) electrons. The van der Waals surface area contributed by atoms with E-state index in [2.05, 4.69) is 31.2 Å². The molecule has 92 valence electrons. The molecule has 0 aliphatic heterocycles. The zero-order valence-electron chi connectivity index (χ0n) is 11.0. The molecule has 0 saturated carbocycles. The number of hydrogen-bond acceptors (Lipinski definition) is 1. The molecule has 1 aliphatic rings. The summed E-state index contributed by atoms with van der Waals surface area (Å²) >= 11 is 0. The maximum absolute atomic E-state index is 11.8. The van der Waals surface area contributed by atoms with Gasteiger partial charge in [0.05, 0.1) is 0 Å². The van der Waals surface area contributed by atoms with E-state index in [1.165, 1.54) is 41.2 Å². The summed E-state index contributed by atoms with van der Waals surface area (Å²) in [5.74, 6) is 0.181. The average Bonchev–Trinajstić information content (AvgIpc) is 2.56. The number of aryl methyl sites for hydroxylation is 3. The molecule has 18 heavy (non-hydrogen) atoms. The van der Waals surface area contributed by atoms with Gasteiger partial charge in [0.15, 0.2) is 5.78 Å². The van der Waals surface area contributed by atoms with Crippen LogP contribution in [-0.2, 0) is 12.8 Å². The maximum atomic E-state index is 11.8. The minimum Gasteiger partial charge on any atom is -0.295 e. The normalized spacial score (nSPS) is 14.6. The van der Waals surface area contributed by atoms with Crippen molar-refractivity contribution in [3.8, 4) is 0 Å². The van der Waals surface area contributed by atoms with Crippen LogP contribution in [0.25, 0.3) is 10.8 Å². The summed E-state index contributed by atoms with van der Waals surface area (Å²) in [6.45, 7) is 3.74. The van der Waals surface area contributed by atoms with Crippen LogP contribution in [0.5, 0.6) is 0 Å². The molecule has 0 saturated heterocycles. The van der Waals surface area contributed by atoms with Gasteiger partial charge < -0.3 is 0 Å². The van der Waals surface area contributed by atoms with E-state index in [1.807, 2.05) is 0 Å². The summed E-state index contributed by atoms with van der Waals surface area (Å²) in [4.78, 5) is 11.8. The van der Waals surface area contributed by atoms with Gasteiger partial charge in [0.2, 0.25) is 0 Å². The third-order valence-electron chi connectivity index (χ3n) is 4.12. The van der Waals surface area contributed by atoms with Gasteiger partial charge in [0.1, 0.15) is 0 Å². The lowest BCUT2D eigenvalue weighted by Crippen LogP contribution is -2.00. The van der Waals surface area contributed by atoms with E-state index >= 15 is 0 Å². The number of benzene rings is 2. The Morgan fingerprint density at radius 3 is 2.56 bits per heavy atom. The highest BCUT2D eigenvalue weighted by Crippen LogP contribution is 2.33. The Hall–Kier alpha value is -1.63. The second-order valence-corrected chi connectivity index (χ2v) is 5.31. The molecule has 0 N–H and O–H groups in total. The van der Waals surface area contributed by atoms with Gasteiger partial charge in [0, 0.05) is 5.56 Å². The first-order valence-electron chi connectivity index (χ1n) is 6.73. The zero-order chi connectivity index (χ0) is 12.7. The van der Waals surface area contributed by atoms with Crippen LogP contribution in [-0.4, -0.2) is 5.78 Å². The number of carbonyl (C=O) groups excluding carboxylic acids is 1. The summed E-state index contributed by atoms with van der Waals surface area (Å²) in [5, 5.41) is 2.69.